The van der Waals surface area contributed by atoms with E-state index >= 15 is 0 Å². The van der Waals surface area contributed by atoms with Crippen LogP contribution in [0.3, 0.4) is 0 Å². The largest absolute Gasteiger partial charge is 0.396 e. The Kier molecular flexibility index (Phi) is 6.72. The van der Waals surface area contributed by atoms with Crippen molar-refractivity contribution in [2.75, 3.05) is 6.61 Å². The molecule has 3 nitrogen and oxygen atoms in total. The van der Waals surface area contributed by atoms with Crippen LogP contribution in [-0.2, 0) is 0 Å². The lowest BCUT2D eigenvalue weighted by Gasteiger charge is -2.70. The molecule has 0 amide bonds. The van der Waals surface area contributed by atoms with E-state index in [-0.39, 0.29) is 40.5 Å². The first kappa shape index (κ1) is 25.7. The Labute approximate surface area is 203 Å². The number of allylic oxidation sites excluding steroid dienone is 2. The van der Waals surface area contributed by atoms with E-state index in [1.165, 1.54) is 31.3 Å². The van der Waals surface area contributed by atoms with Gasteiger partial charge >= 0.3 is 0 Å². The first-order chi connectivity index (χ1) is 15.3. The zero-order valence-corrected chi connectivity index (χ0v) is 22.5. The molecule has 1 unspecified atom stereocenters. The van der Waals surface area contributed by atoms with Gasteiger partial charge in [0.1, 0.15) is 0 Å². The molecule has 4 saturated carbocycles. The lowest BCUT2D eigenvalue weighted by atomic mass is 9.35. The molecule has 33 heavy (non-hydrogen) atoms. The van der Waals surface area contributed by atoms with Gasteiger partial charge in [-0.15, -0.1) is 0 Å². The van der Waals surface area contributed by atoms with Gasteiger partial charge in [-0.25, -0.2) is 0 Å². The fraction of sp³-hybridized carbons (Fsp3) is 0.933. The summed E-state index contributed by atoms with van der Waals surface area (Å²) < 4.78 is 0. The van der Waals surface area contributed by atoms with E-state index in [0.29, 0.717) is 29.6 Å². The van der Waals surface area contributed by atoms with E-state index in [1.54, 1.807) is 0 Å². The predicted molar refractivity (Wildman–Crippen MR) is 136 cm³/mol. The lowest BCUT2D eigenvalue weighted by Crippen LogP contribution is -2.66. The van der Waals surface area contributed by atoms with Gasteiger partial charge in [-0.1, -0.05) is 53.2 Å². The summed E-state index contributed by atoms with van der Waals surface area (Å²) in [5.41, 5.74) is 2.05. The van der Waals surface area contributed by atoms with Gasteiger partial charge in [0.25, 0.3) is 0 Å². The fourth-order valence-electron chi connectivity index (χ4n) is 10.1. The Morgan fingerprint density at radius 2 is 1.61 bits per heavy atom. The number of hydrogen-bond acceptors (Lipinski definition) is 3. The van der Waals surface area contributed by atoms with Crippen molar-refractivity contribution in [2.45, 2.75) is 118 Å². The van der Waals surface area contributed by atoms with Crippen LogP contribution in [0.2, 0.25) is 0 Å². The van der Waals surface area contributed by atoms with Crippen molar-refractivity contribution in [1.82, 2.24) is 0 Å². The van der Waals surface area contributed by atoms with Gasteiger partial charge in [0, 0.05) is 6.61 Å². The van der Waals surface area contributed by atoms with Gasteiger partial charge in [-0.2, -0.15) is 0 Å². The summed E-state index contributed by atoms with van der Waals surface area (Å²) in [6.07, 6.45) is 11.8. The van der Waals surface area contributed by atoms with E-state index < -0.39 is 0 Å². The molecule has 4 fully saturated rings. The highest BCUT2D eigenvalue weighted by molar-refractivity contribution is 5.22. The number of hydrogen-bond donors (Lipinski definition) is 3. The molecule has 0 spiro atoms. The van der Waals surface area contributed by atoms with Crippen LogP contribution in [0.15, 0.2) is 11.6 Å². The topological polar surface area (TPSA) is 60.7 Å². The molecule has 4 aliphatic rings. The van der Waals surface area contributed by atoms with Gasteiger partial charge in [0.2, 0.25) is 0 Å². The van der Waals surface area contributed by atoms with Crippen LogP contribution in [0.25, 0.3) is 0 Å². The Balaban J connectivity index is 1.62. The first-order valence-corrected chi connectivity index (χ1v) is 14.0. The average Bonchev–Trinajstić information content (AvgIpc) is 3.13. The molecule has 0 bridgehead atoms. The van der Waals surface area contributed by atoms with Gasteiger partial charge in [-0.3, -0.25) is 0 Å². The summed E-state index contributed by atoms with van der Waals surface area (Å²) >= 11 is 0. The van der Waals surface area contributed by atoms with E-state index in [9.17, 15) is 15.3 Å². The SMILES string of the molecule is C/C(=C/CCC(C)CO)[C@H]1CC[C@]2(C)[C@@H]1[C@H](O)C[C@@H]1[C@@]3(C)CC[C@H](O)C(C)(C)[C@@H]3CC[C@]12C. The second kappa shape index (κ2) is 8.63. The number of aliphatic hydroxyl groups is 3. The molecule has 4 rings (SSSR count). The third-order valence-corrected chi connectivity index (χ3v) is 12.4. The van der Waals surface area contributed by atoms with Crippen molar-refractivity contribution in [3.63, 3.8) is 0 Å². The summed E-state index contributed by atoms with van der Waals surface area (Å²) in [6.45, 7) is 16.9. The zero-order valence-electron chi connectivity index (χ0n) is 22.5. The second-order valence-electron chi connectivity index (χ2n) is 14.1. The van der Waals surface area contributed by atoms with Crippen LogP contribution in [0, 0.1) is 51.2 Å². The maximum absolute atomic E-state index is 11.7. The Bertz CT molecular complexity index is 758. The molecular weight excluding hydrogens is 408 g/mol. The molecule has 0 aromatic carbocycles. The van der Waals surface area contributed by atoms with Crippen molar-refractivity contribution in [1.29, 1.82) is 0 Å². The van der Waals surface area contributed by atoms with E-state index in [2.05, 4.69) is 54.5 Å². The first-order valence-electron chi connectivity index (χ1n) is 14.0. The quantitative estimate of drug-likeness (QED) is 0.418. The van der Waals surface area contributed by atoms with Crippen LogP contribution in [0.5, 0.6) is 0 Å². The molecule has 0 aliphatic heterocycles. The number of rotatable bonds is 5. The highest BCUT2D eigenvalue weighted by Gasteiger charge is 2.70. The summed E-state index contributed by atoms with van der Waals surface area (Å²) in [4.78, 5) is 0. The fourth-order valence-corrected chi connectivity index (χ4v) is 10.1. The van der Waals surface area contributed by atoms with Gasteiger partial charge in [0.05, 0.1) is 12.2 Å². The van der Waals surface area contributed by atoms with Gasteiger partial charge in [-0.05, 0) is 116 Å². The smallest absolute Gasteiger partial charge is 0.0594 e. The summed E-state index contributed by atoms with van der Waals surface area (Å²) in [7, 11) is 0. The maximum atomic E-state index is 11.7. The maximum Gasteiger partial charge on any atom is 0.0594 e. The molecule has 0 radical (unpaired) electrons. The van der Waals surface area contributed by atoms with Gasteiger partial charge < -0.3 is 15.3 Å². The molecule has 3 heteroatoms. The molecule has 0 heterocycles. The molecular formula is C30H52O3. The molecule has 10 atom stereocenters. The van der Waals surface area contributed by atoms with Crippen molar-refractivity contribution >= 4 is 0 Å². The molecule has 190 valence electrons. The minimum atomic E-state index is -0.231. The molecule has 4 aliphatic carbocycles. The number of aliphatic hydroxyl groups excluding tert-OH is 3. The zero-order chi connectivity index (χ0) is 24.4. The molecule has 0 aromatic rings. The Hall–Kier alpha value is -0.380. The lowest BCUT2D eigenvalue weighted by molar-refractivity contribution is -0.240. The minimum absolute atomic E-state index is 0.0414. The highest BCUT2D eigenvalue weighted by atomic mass is 16.3. The standard InChI is InChI=1S/C30H52O3/c1-19(18-31)9-8-10-20(2)21-11-15-30(7)26(21)22(32)17-24-28(5)14-13-25(33)27(3,4)23(28)12-16-29(24,30)6/h10,19,21-26,31-33H,8-9,11-18H2,1-7H3/b20-10-/t19?,21-,22-,23+,24-,25+,26+,28+,29-,30-/m1/s1. The van der Waals surface area contributed by atoms with Crippen molar-refractivity contribution in [3.05, 3.63) is 11.6 Å². The summed E-state index contributed by atoms with van der Waals surface area (Å²) in [5.74, 6) is 2.26. The highest BCUT2D eigenvalue weighted by Crippen LogP contribution is 2.75. The van der Waals surface area contributed by atoms with E-state index in [1.807, 2.05) is 0 Å². The third kappa shape index (κ3) is 3.70. The van der Waals surface area contributed by atoms with E-state index in [0.717, 1.165) is 32.1 Å². The predicted octanol–water partition coefficient (Wildman–Crippen LogP) is 6.36. The summed E-state index contributed by atoms with van der Waals surface area (Å²) in [5, 5.41) is 32.0. The van der Waals surface area contributed by atoms with Crippen LogP contribution < -0.4 is 0 Å². The van der Waals surface area contributed by atoms with Crippen LogP contribution in [0.1, 0.15) is 106 Å². The normalized spacial score (nSPS) is 50.3. The number of fused-ring (bicyclic) bond motifs is 5. The van der Waals surface area contributed by atoms with E-state index in [4.69, 9.17) is 0 Å². The third-order valence-electron chi connectivity index (χ3n) is 12.4. The summed E-state index contributed by atoms with van der Waals surface area (Å²) in [6, 6.07) is 0. The van der Waals surface area contributed by atoms with Crippen LogP contribution >= 0.6 is 0 Å². The van der Waals surface area contributed by atoms with Crippen LogP contribution in [-0.4, -0.2) is 34.1 Å². The van der Waals surface area contributed by atoms with Crippen LogP contribution in [0.4, 0.5) is 0 Å². The van der Waals surface area contributed by atoms with Crippen molar-refractivity contribution < 1.29 is 15.3 Å². The average molecular weight is 461 g/mol. The van der Waals surface area contributed by atoms with Crippen molar-refractivity contribution in [2.24, 2.45) is 51.2 Å². The Morgan fingerprint density at radius 3 is 2.27 bits per heavy atom. The molecule has 0 aromatic heterocycles. The molecule has 3 N–H and O–H groups in total. The second-order valence-corrected chi connectivity index (χ2v) is 14.1. The monoisotopic (exact) mass is 460 g/mol. The minimum Gasteiger partial charge on any atom is -0.396 e. The van der Waals surface area contributed by atoms with Gasteiger partial charge in [0.15, 0.2) is 0 Å². The molecule has 0 saturated heterocycles. The van der Waals surface area contributed by atoms with Crippen molar-refractivity contribution in [3.8, 4) is 0 Å². The Morgan fingerprint density at radius 1 is 0.939 bits per heavy atom.